The maximum atomic E-state index is 10.4. The second-order valence-corrected chi connectivity index (χ2v) is 1.14. The highest BCUT2D eigenvalue weighted by atomic mass is 16.1. The maximum absolute atomic E-state index is 10.4. The van der Waals surface area contributed by atoms with Crippen LogP contribution in [0.2, 0.25) is 0 Å². The fraction of sp³-hybridized carbons (Fsp3) is 0. The molecule has 0 saturated heterocycles. The molecule has 0 aromatic carbocycles. The first-order chi connectivity index (χ1) is 3.80. The second-order valence-electron chi connectivity index (χ2n) is 1.14. The molecule has 0 aliphatic carbocycles. The van der Waals surface area contributed by atoms with Crippen LogP contribution in [-0.2, 0) is 0 Å². The van der Waals surface area contributed by atoms with Crippen LogP contribution in [0, 0.1) is 0 Å². The molecule has 0 radical (unpaired) electrons. The fourth-order valence-electron chi connectivity index (χ4n) is 0.337. The van der Waals surface area contributed by atoms with Gasteiger partial charge in [-0.15, -0.1) is 0 Å². The lowest BCUT2D eigenvalue weighted by atomic mass is 10.5. The Morgan fingerprint density at radius 2 is 2.57 bits per heavy atom. The van der Waals surface area contributed by atoms with Gasteiger partial charge in [0.05, 0.1) is 1.37 Å². The molecule has 1 heterocycles. The number of hydrogen-bond acceptors (Lipinski definition) is 1. The number of aromatic nitrogens is 1. The van der Waals surface area contributed by atoms with Gasteiger partial charge in [0.2, 0.25) is 5.56 Å². The van der Waals surface area contributed by atoms with Crippen LogP contribution in [0.25, 0.3) is 0 Å². The van der Waals surface area contributed by atoms with Crippen LogP contribution in [0.1, 0.15) is 1.37 Å². The summed E-state index contributed by atoms with van der Waals surface area (Å²) < 4.78 is 6.88. The van der Waals surface area contributed by atoms with E-state index in [1.807, 2.05) is 0 Å². The van der Waals surface area contributed by atoms with Crippen molar-refractivity contribution in [3.63, 3.8) is 0 Å². The van der Waals surface area contributed by atoms with Crippen molar-refractivity contribution in [3.05, 3.63) is 34.7 Å². The largest absolute Gasteiger partial charge is 0.329 e. The Morgan fingerprint density at radius 1 is 1.71 bits per heavy atom. The summed E-state index contributed by atoms with van der Waals surface area (Å²) in [4.78, 5) is 12.7. The molecular formula is C5H5NO. The molecule has 0 amide bonds. The molecule has 0 atom stereocenters. The monoisotopic (exact) mass is 97.0 g/mol. The molecule has 0 spiro atoms. The number of nitrogens with one attached hydrogen (secondary N) is 1. The smallest absolute Gasteiger partial charge is 0.247 e. The van der Waals surface area contributed by atoms with E-state index in [1.165, 1.54) is 12.3 Å². The quantitative estimate of drug-likeness (QED) is 0.498. The zero-order valence-corrected chi connectivity index (χ0v) is 3.64. The molecule has 0 unspecified atom stereocenters. The average molecular weight is 97.1 g/mol. The van der Waals surface area contributed by atoms with Gasteiger partial charge >= 0.3 is 0 Å². The molecule has 0 fully saturated rings. The van der Waals surface area contributed by atoms with E-state index in [1.54, 1.807) is 6.07 Å². The fourth-order valence-corrected chi connectivity index (χ4v) is 0.337. The van der Waals surface area contributed by atoms with E-state index >= 15 is 0 Å². The van der Waals surface area contributed by atoms with Gasteiger partial charge in [-0.2, -0.15) is 0 Å². The zero-order valence-electron chi connectivity index (χ0n) is 4.64. The summed E-state index contributed by atoms with van der Waals surface area (Å²) in [5.41, 5.74) is -0.340. The molecule has 36 valence electrons. The van der Waals surface area contributed by atoms with Crippen molar-refractivity contribution < 1.29 is 1.37 Å². The number of hydrogen-bond donors (Lipinski definition) is 1. The number of rotatable bonds is 0. The molecule has 1 rings (SSSR count). The van der Waals surface area contributed by atoms with E-state index in [-0.39, 0.29) is 11.6 Å². The van der Waals surface area contributed by atoms with E-state index in [2.05, 4.69) is 4.98 Å². The molecule has 0 aliphatic rings. The van der Waals surface area contributed by atoms with Gasteiger partial charge in [0.15, 0.2) is 0 Å². The highest BCUT2D eigenvalue weighted by Crippen LogP contribution is 1.67. The third-order valence-corrected chi connectivity index (χ3v) is 0.621. The molecule has 7 heavy (non-hydrogen) atoms. The standard InChI is InChI=1S/C5H5NO/c7-5-3-1-2-4-6-5/h1-4H,(H,6,7)/i3T. The molecule has 1 aromatic heterocycles. The Balaban J connectivity index is 3.35. The van der Waals surface area contributed by atoms with Gasteiger partial charge in [-0.05, 0) is 6.07 Å². The molecule has 0 saturated carbocycles. The predicted octanol–water partition coefficient (Wildman–Crippen LogP) is 0.375. The zero-order chi connectivity index (χ0) is 5.98. The molecule has 1 aromatic rings. The van der Waals surface area contributed by atoms with Crippen molar-refractivity contribution in [2.75, 3.05) is 0 Å². The Morgan fingerprint density at radius 3 is 3.00 bits per heavy atom. The summed E-state index contributed by atoms with van der Waals surface area (Å²) in [6, 6.07) is 3.07. The third-order valence-electron chi connectivity index (χ3n) is 0.621. The third kappa shape index (κ3) is 0.892. The maximum Gasteiger partial charge on any atom is 0.247 e. The number of H-pyrrole nitrogens is 1. The first-order valence-electron chi connectivity index (χ1n) is 2.45. The molecule has 2 nitrogen and oxygen atoms in total. The summed E-state index contributed by atoms with van der Waals surface area (Å²) in [5, 5.41) is 0. The van der Waals surface area contributed by atoms with Crippen LogP contribution in [-0.4, -0.2) is 4.98 Å². The predicted molar refractivity (Wildman–Crippen MR) is 27.1 cm³/mol. The van der Waals surface area contributed by atoms with Crippen LogP contribution < -0.4 is 5.56 Å². The van der Waals surface area contributed by atoms with Crippen LogP contribution in [0.4, 0.5) is 0 Å². The van der Waals surface area contributed by atoms with Crippen LogP contribution >= 0.6 is 0 Å². The summed E-state index contributed by atoms with van der Waals surface area (Å²) in [6.07, 6.45) is 1.50. The highest BCUT2D eigenvalue weighted by Gasteiger charge is 1.69. The van der Waals surface area contributed by atoms with Gasteiger partial charge in [0, 0.05) is 12.2 Å². The van der Waals surface area contributed by atoms with Crippen molar-refractivity contribution in [1.82, 2.24) is 4.98 Å². The number of aromatic amines is 1. The van der Waals surface area contributed by atoms with Gasteiger partial charge in [-0.25, -0.2) is 0 Å². The first-order valence-corrected chi connectivity index (χ1v) is 1.95. The van der Waals surface area contributed by atoms with Crippen molar-refractivity contribution >= 4 is 0 Å². The van der Waals surface area contributed by atoms with Crippen LogP contribution in [0.5, 0.6) is 0 Å². The van der Waals surface area contributed by atoms with Gasteiger partial charge < -0.3 is 4.98 Å². The van der Waals surface area contributed by atoms with Gasteiger partial charge in [-0.3, -0.25) is 4.79 Å². The van der Waals surface area contributed by atoms with E-state index in [0.29, 0.717) is 0 Å². The van der Waals surface area contributed by atoms with Gasteiger partial charge in [0.25, 0.3) is 0 Å². The summed E-state index contributed by atoms with van der Waals surface area (Å²) in [5.74, 6) is 0. The average Bonchev–Trinajstić information content (AvgIpc) is 1.77. The molecule has 2 heteroatoms. The molecular weight excluding hydrogens is 90.1 g/mol. The van der Waals surface area contributed by atoms with Crippen molar-refractivity contribution in [2.45, 2.75) is 0 Å². The van der Waals surface area contributed by atoms with Crippen molar-refractivity contribution in [3.8, 4) is 0 Å². The second kappa shape index (κ2) is 1.60. The van der Waals surface area contributed by atoms with Gasteiger partial charge in [0.1, 0.15) is 0 Å². The van der Waals surface area contributed by atoms with Crippen LogP contribution in [0.15, 0.2) is 29.2 Å². The molecule has 0 bridgehead atoms. The highest BCUT2D eigenvalue weighted by molar-refractivity contribution is 4.89. The topological polar surface area (TPSA) is 32.9 Å². The van der Waals surface area contributed by atoms with E-state index in [9.17, 15) is 4.79 Å². The lowest BCUT2D eigenvalue weighted by Gasteiger charge is -1.73. The summed E-state index contributed by atoms with van der Waals surface area (Å²) in [6.45, 7) is 0. The lowest BCUT2D eigenvalue weighted by molar-refractivity contribution is 1.24. The Labute approximate surface area is 42.2 Å². The number of pyridine rings is 1. The minimum absolute atomic E-state index is 0.00694. The Kier molecular flexibility index (Phi) is 0.689. The van der Waals surface area contributed by atoms with Crippen LogP contribution in [0.3, 0.4) is 0 Å². The summed E-state index contributed by atoms with van der Waals surface area (Å²) >= 11 is 0. The van der Waals surface area contributed by atoms with Gasteiger partial charge in [-0.1, -0.05) is 6.07 Å². The minimum atomic E-state index is -0.340. The van der Waals surface area contributed by atoms with Crippen molar-refractivity contribution in [2.24, 2.45) is 0 Å². The van der Waals surface area contributed by atoms with E-state index in [4.69, 9.17) is 1.37 Å². The van der Waals surface area contributed by atoms with Crippen molar-refractivity contribution in [1.29, 1.82) is 0 Å². The molecule has 1 N–H and O–H groups in total. The van der Waals surface area contributed by atoms with E-state index < -0.39 is 0 Å². The Hall–Kier alpha value is -1.05. The lowest BCUT2D eigenvalue weighted by Crippen LogP contribution is -1.98. The molecule has 0 aliphatic heterocycles. The normalized spacial score (nSPS) is 10.6. The summed E-state index contributed by atoms with van der Waals surface area (Å²) in [7, 11) is 0. The SMILES string of the molecule is [3H]c1ccc[nH]c1=O. The Bertz CT molecular complexity index is 230. The minimum Gasteiger partial charge on any atom is -0.329 e. The first kappa shape index (κ1) is 3.02. The van der Waals surface area contributed by atoms with E-state index in [0.717, 1.165) is 0 Å².